The van der Waals surface area contributed by atoms with Gasteiger partial charge in [-0.1, -0.05) is 30.3 Å². The molecule has 0 spiro atoms. The summed E-state index contributed by atoms with van der Waals surface area (Å²) in [5.74, 6) is -2.62. The van der Waals surface area contributed by atoms with Crippen molar-refractivity contribution in [1.82, 2.24) is 0 Å². The molecule has 2 saturated carbocycles. The normalized spacial score (nSPS) is 39.3. The van der Waals surface area contributed by atoms with Gasteiger partial charge in [-0.15, -0.1) is 0 Å². The highest BCUT2D eigenvalue weighted by Crippen LogP contribution is 2.78. The Morgan fingerprint density at radius 3 is 2.50 bits per heavy atom. The number of fused-ring (bicyclic) bond motifs is 2. The standard InChI is InChI=1S/C25H32O7/c1-22(2,3)32-21(27)25-18(17-14-28-23(4,5)31-17)16-11-12-24(25,19(25)20(26)30-16)29-13-15-9-7-6-8-10-15/h6-10,16-19H,11-14H2,1-5H3/t16-,17+,18+,19?,24-,25+/m0/s1. The third-order valence-corrected chi connectivity index (χ3v) is 7.28. The van der Waals surface area contributed by atoms with Crippen molar-refractivity contribution in [1.29, 1.82) is 0 Å². The van der Waals surface area contributed by atoms with Crippen LogP contribution in [0.3, 0.4) is 0 Å². The molecular formula is C25H32O7. The summed E-state index contributed by atoms with van der Waals surface area (Å²) in [5, 5.41) is 0. The molecule has 4 aliphatic rings. The second-order valence-electron chi connectivity index (χ2n) is 10.9. The molecule has 0 amide bonds. The molecule has 0 N–H and O–H groups in total. The Morgan fingerprint density at radius 2 is 1.88 bits per heavy atom. The molecule has 2 saturated heterocycles. The number of carbonyl (C=O) groups excluding carboxylic acids is 2. The number of carbonyl (C=O) groups is 2. The van der Waals surface area contributed by atoms with Crippen LogP contribution in [0.4, 0.5) is 0 Å². The molecule has 174 valence electrons. The van der Waals surface area contributed by atoms with E-state index in [0.29, 0.717) is 26.1 Å². The van der Waals surface area contributed by atoms with Crippen LogP contribution in [0.15, 0.2) is 30.3 Å². The van der Waals surface area contributed by atoms with E-state index in [9.17, 15) is 9.59 Å². The lowest BCUT2D eigenvalue weighted by molar-refractivity contribution is -0.206. The first-order valence-electron chi connectivity index (χ1n) is 11.4. The third-order valence-electron chi connectivity index (χ3n) is 7.28. The molecule has 7 nitrogen and oxygen atoms in total. The van der Waals surface area contributed by atoms with E-state index in [-0.39, 0.29) is 18.0 Å². The number of hydrogen-bond donors (Lipinski definition) is 0. The van der Waals surface area contributed by atoms with E-state index in [4.69, 9.17) is 23.7 Å². The van der Waals surface area contributed by atoms with Gasteiger partial charge in [-0.2, -0.15) is 0 Å². The minimum Gasteiger partial charge on any atom is -0.462 e. The predicted molar refractivity (Wildman–Crippen MR) is 113 cm³/mol. The minimum absolute atomic E-state index is 0.306. The average molecular weight is 445 g/mol. The summed E-state index contributed by atoms with van der Waals surface area (Å²) in [6, 6.07) is 9.78. The SMILES string of the molecule is CC(C)(C)OC(=O)[C@@]12C3C(=O)O[C@@H](CC[C@]31OCc1ccccc1)[C@@H]2[C@H]1COC(C)(C)O1. The number of benzene rings is 1. The fourth-order valence-electron chi connectivity index (χ4n) is 6.19. The van der Waals surface area contributed by atoms with E-state index in [1.807, 2.05) is 65.0 Å². The number of ether oxygens (including phenoxy) is 5. The highest BCUT2D eigenvalue weighted by atomic mass is 16.7. The molecule has 2 bridgehead atoms. The predicted octanol–water partition coefficient (Wildman–Crippen LogP) is 3.39. The molecule has 32 heavy (non-hydrogen) atoms. The quantitative estimate of drug-likeness (QED) is 0.644. The Balaban J connectivity index is 1.55. The second-order valence-corrected chi connectivity index (χ2v) is 10.9. The van der Waals surface area contributed by atoms with Crippen molar-refractivity contribution >= 4 is 11.9 Å². The lowest BCUT2D eigenvalue weighted by Crippen LogP contribution is -2.55. The van der Waals surface area contributed by atoms with Crippen molar-refractivity contribution in [2.24, 2.45) is 17.3 Å². The summed E-state index contributed by atoms with van der Waals surface area (Å²) in [5.41, 5.74) is -1.81. The molecule has 2 heterocycles. The number of esters is 2. The summed E-state index contributed by atoms with van der Waals surface area (Å²) in [6.45, 7) is 9.85. The van der Waals surface area contributed by atoms with Crippen molar-refractivity contribution < 1.29 is 33.3 Å². The fourth-order valence-corrected chi connectivity index (χ4v) is 6.19. The first kappa shape index (κ1) is 21.9. The highest BCUT2D eigenvalue weighted by molar-refractivity contribution is 5.97. The van der Waals surface area contributed by atoms with Crippen molar-refractivity contribution in [2.45, 2.75) is 83.3 Å². The van der Waals surface area contributed by atoms with Crippen LogP contribution < -0.4 is 0 Å². The summed E-state index contributed by atoms with van der Waals surface area (Å²) < 4.78 is 30.3. The largest absolute Gasteiger partial charge is 0.462 e. The highest BCUT2D eigenvalue weighted by Gasteiger charge is 2.93. The summed E-state index contributed by atoms with van der Waals surface area (Å²) in [4.78, 5) is 26.9. The molecule has 2 aliphatic heterocycles. The molecule has 6 atom stereocenters. The molecule has 1 unspecified atom stereocenters. The van der Waals surface area contributed by atoms with Crippen LogP contribution in [0.25, 0.3) is 0 Å². The molecule has 2 aliphatic carbocycles. The Bertz CT molecular complexity index is 920. The van der Waals surface area contributed by atoms with Gasteiger partial charge in [-0.3, -0.25) is 9.59 Å². The van der Waals surface area contributed by atoms with Gasteiger partial charge >= 0.3 is 11.9 Å². The van der Waals surface area contributed by atoms with Gasteiger partial charge in [0.1, 0.15) is 28.6 Å². The monoisotopic (exact) mass is 444 g/mol. The topological polar surface area (TPSA) is 80.3 Å². The molecule has 0 radical (unpaired) electrons. The van der Waals surface area contributed by atoms with E-state index in [0.717, 1.165) is 5.56 Å². The zero-order valence-corrected chi connectivity index (χ0v) is 19.4. The number of rotatable bonds is 5. The average Bonchev–Trinajstić information content (AvgIpc) is 3.25. The van der Waals surface area contributed by atoms with Crippen LogP contribution in [-0.2, 0) is 39.9 Å². The van der Waals surface area contributed by atoms with E-state index >= 15 is 0 Å². The Hall–Kier alpha value is -1.96. The van der Waals surface area contributed by atoms with Crippen LogP contribution in [-0.4, -0.2) is 47.7 Å². The molecular weight excluding hydrogens is 412 g/mol. The lowest BCUT2D eigenvalue weighted by Gasteiger charge is -2.44. The van der Waals surface area contributed by atoms with Crippen molar-refractivity contribution in [3.05, 3.63) is 35.9 Å². The van der Waals surface area contributed by atoms with Gasteiger partial charge in [0, 0.05) is 5.92 Å². The van der Waals surface area contributed by atoms with Crippen LogP contribution in [0.5, 0.6) is 0 Å². The molecule has 4 fully saturated rings. The zero-order chi connectivity index (χ0) is 22.9. The van der Waals surface area contributed by atoms with Crippen molar-refractivity contribution in [3.63, 3.8) is 0 Å². The maximum Gasteiger partial charge on any atom is 0.317 e. The van der Waals surface area contributed by atoms with Gasteiger partial charge in [0.2, 0.25) is 0 Å². The van der Waals surface area contributed by atoms with Gasteiger partial charge in [0.15, 0.2) is 5.79 Å². The zero-order valence-electron chi connectivity index (χ0n) is 19.4. The Kier molecular flexibility index (Phi) is 4.79. The molecule has 7 heteroatoms. The van der Waals surface area contributed by atoms with Crippen molar-refractivity contribution in [3.8, 4) is 0 Å². The smallest absolute Gasteiger partial charge is 0.317 e. The second kappa shape index (κ2) is 7.02. The molecule has 0 aromatic heterocycles. The van der Waals surface area contributed by atoms with Crippen LogP contribution in [0.1, 0.15) is 53.0 Å². The minimum atomic E-state index is -1.14. The van der Waals surface area contributed by atoms with Crippen LogP contribution in [0, 0.1) is 17.3 Å². The van der Waals surface area contributed by atoms with Crippen LogP contribution >= 0.6 is 0 Å². The summed E-state index contributed by atoms with van der Waals surface area (Å²) in [7, 11) is 0. The lowest BCUT2D eigenvalue weighted by atomic mass is 9.70. The summed E-state index contributed by atoms with van der Waals surface area (Å²) >= 11 is 0. The maximum atomic E-state index is 13.9. The van der Waals surface area contributed by atoms with Gasteiger partial charge in [-0.25, -0.2) is 0 Å². The van der Waals surface area contributed by atoms with Gasteiger partial charge in [0.05, 0.1) is 19.3 Å². The molecule has 5 rings (SSSR count). The van der Waals surface area contributed by atoms with E-state index in [1.54, 1.807) is 0 Å². The van der Waals surface area contributed by atoms with Gasteiger partial charge in [-0.05, 0) is 53.0 Å². The van der Waals surface area contributed by atoms with E-state index in [1.165, 1.54) is 0 Å². The first-order chi connectivity index (χ1) is 15.0. The molecule has 1 aromatic rings. The Labute approximate surface area is 188 Å². The van der Waals surface area contributed by atoms with Crippen molar-refractivity contribution in [2.75, 3.05) is 6.61 Å². The van der Waals surface area contributed by atoms with E-state index in [2.05, 4.69) is 0 Å². The summed E-state index contributed by atoms with van der Waals surface area (Å²) in [6.07, 6.45) is 0.366. The Morgan fingerprint density at radius 1 is 1.16 bits per heavy atom. The van der Waals surface area contributed by atoms with Gasteiger partial charge in [0.25, 0.3) is 0 Å². The third kappa shape index (κ3) is 3.12. The number of hydrogen-bond acceptors (Lipinski definition) is 7. The van der Waals surface area contributed by atoms with Crippen LogP contribution in [0.2, 0.25) is 0 Å². The van der Waals surface area contributed by atoms with E-state index < -0.39 is 40.4 Å². The molecule has 1 aromatic carbocycles. The maximum absolute atomic E-state index is 13.9. The fraction of sp³-hybridized carbons (Fsp3) is 0.680. The van der Waals surface area contributed by atoms with Gasteiger partial charge < -0.3 is 23.7 Å². The first-order valence-corrected chi connectivity index (χ1v) is 11.4.